The number of aryl methyl sites for hydroxylation is 1. The Kier molecular flexibility index (Phi) is 4.59. The molecule has 8 heteroatoms. The monoisotopic (exact) mass is 308 g/mol. The first-order valence-corrected chi connectivity index (χ1v) is 7.81. The average molecular weight is 308 g/mol. The minimum Gasteiger partial charge on any atom is -0.337 e. The third kappa shape index (κ3) is 4.32. The van der Waals surface area contributed by atoms with E-state index < -0.39 is 16.1 Å². The van der Waals surface area contributed by atoms with Crippen LogP contribution < -0.4 is 10.0 Å². The maximum Gasteiger partial charge on any atom is 0.328 e. The Morgan fingerprint density at radius 2 is 1.95 bits per heavy atom. The van der Waals surface area contributed by atoms with Crippen LogP contribution in [0.15, 0.2) is 41.4 Å². The number of carbonyl (C=O) groups excluding carboxylic acids is 1. The first-order valence-electron chi connectivity index (χ1n) is 6.33. The summed E-state index contributed by atoms with van der Waals surface area (Å²) in [5, 5.41) is 9.01. The molecule has 0 aliphatic rings. The van der Waals surface area contributed by atoms with E-state index in [4.69, 9.17) is 0 Å². The molecule has 0 radical (unpaired) electrons. The first kappa shape index (κ1) is 15.0. The summed E-state index contributed by atoms with van der Waals surface area (Å²) >= 11 is 0. The van der Waals surface area contributed by atoms with Crippen LogP contribution in [0.3, 0.4) is 0 Å². The van der Waals surface area contributed by atoms with E-state index in [0.717, 1.165) is 11.3 Å². The fourth-order valence-corrected chi connectivity index (χ4v) is 2.60. The van der Waals surface area contributed by atoms with Gasteiger partial charge in [0.2, 0.25) is 0 Å². The van der Waals surface area contributed by atoms with Gasteiger partial charge in [0.05, 0.1) is 4.90 Å². The van der Waals surface area contributed by atoms with E-state index in [9.17, 15) is 13.2 Å². The highest BCUT2D eigenvalue weighted by molar-refractivity contribution is 7.90. The first-order chi connectivity index (χ1) is 9.97. The van der Waals surface area contributed by atoms with Crippen LogP contribution >= 0.6 is 0 Å². The summed E-state index contributed by atoms with van der Waals surface area (Å²) in [6.07, 6.45) is 2.15. The molecule has 0 spiro atoms. The lowest BCUT2D eigenvalue weighted by Crippen LogP contribution is -2.40. The minimum atomic E-state index is -3.84. The van der Waals surface area contributed by atoms with Crippen LogP contribution in [0.2, 0.25) is 0 Å². The van der Waals surface area contributed by atoms with Gasteiger partial charge in [-0.05, 0) is 25.1 Å². The number of nitrogens with one attached hydrogen (secondary N) is 3. The van der Waals surface area contributed by atoms with E-state index >= 15 is 0 Å². The average Bonchev–Trinajstić information content (AvgIpc) is 2.92. The van der Waals surface area contributed by atoms with Gasteiger partial charge >= 0.3 is 6.03 Å². The summed E-state index contributed by atoms with van der Waals surface area (Å²) in [5.74, 6) is 0. The molecule has 2 amide bonds. The lowest BCUT2D eigenvalue weighted by atomic mass is 10.2. The molecule has 1 aromatic heterocycles. The molecule has 0 fully saturated rings. The number of aromatic nitrogens is 2. The zero-order valence-electron chi connectivity index (χ0n) is 11.5. The summed E-state index contributed by atoms with van der Waals surface area (Å²) < 4.78 is 25.9. The van der Waals surface area contributed by atoms with Gasteiger partial charge in [-0.2, -0.15) is 5.10 Å². The lowest BCUT2D eigenvalue weighted by Gasteiger charge is -2.08. The Morgan fingerprint density at radius 1 is 1.24 bits per heavy atom. The van der Waals surface area contributed by atoms with Crippen LogP contribution in [0.5, 0.6) is 0 Å². The van der Waals surface area contributed by atoms with Crippen LogP contribution in [0.25, 0.3) is 0 Å². The van der Waals surface area contributed by atoms with E-state index in [1.807, 2.05) is 11.6 Å². The van der Waals surface area contributed by atoms with Gasteiger partial charge < -0.3 is 5.32 Å². The zero-order chi connectivity index (χ0) is 15.3. The van der Waals surface area contributed by atoms with Crippen molar-refractivity contribution < 1.29 is 13.2 Å². The van der Waals surface area contributed by atoms with Crippen molar-refractivity contribution >= 4 is 16.1 Å². The number of sulfonamides is 1. The maximum atomic E-state index is 12.0. The molecule has 0 aliphatic carbocycles. The number of H-pyrrole nitrogens is 1. The van der Waals surface area contributed by atoms with E-state index in [1.165, 1.54) is 12.1 Å². The summed E-state index contributed by atoms with van der Waals surface area (Å²) in [6, 6.07) is 7.28. The summed E-state index contributed by atoms with van der Waals surface area (Å²) in [5.41, 5.74) is 1.80. The van der Waals surface area contributed by atoms with Gasteiger partial charge in [-0.1, -0.05) is 17.7 Å². The molecule has 0 bridgehead atoms. The van der Waals surface area contributed by atoms with Gasteiger partial charge in [0.15, 0.2) is 0 Å². The highest BCUT2D eigenvalue weighted by Gasteiger charge is 2.16. The van der Waals surface area contributed by atoms with Crippen molar-refractivity contribution in [1.29, 1.82) is 0 Å². The zero-order valence-corrected chi connectivity index (χ0v) is 12.3. The van der Waals surface area contributed by atoms with Gasteiger partial charge in [-0.3, -0.25) is 5.10 Å². The number of aromatic amines is 1. The smallest absolute Gasteiger partial charge is 0.328 e. The van der Waals surface area contributed by atoms with Crippen molar-refractivity contribution in [3.8, 4) is 0 Å². The van der Waals surface area contributed by atoms with Crippen LogP contribution in [-0.4, -0.2) is 31.2 Å². The number of rotatable bonds is 5. The summed E-state index contributed by atoms with van der Waals surface area (Å²) in [6.45, 7) is 2.16. The second kappa shape index (κ2) is 6.40. The molecule has 0 saturated heterocycles. The Labute approximate surface area is 122 Å². The Balaban J connectivity index is 1.87. The second-order valence-electron chi connectivity index (χ2n) is 4.51. The molecule has 3 N–H and O–H groups in total. The van der Waals surface area contributed by atoms with Crippen molar-refractivity contribution in [3.63, 3.8) is 0 Å². The molecule has 7 nitrogen and oxygen atoms in total. The number of benzene rings is 1. The molecular weight excluding hydrogens is 292 g/mol. The van der Waals surface area contributed by atoms with E-state index in [2.05, 4.69) is 15.5 Å². The van der Waals surface area contributed by atoms with Crippen LogP contribution in [0.4, 0.5) is 4.79 Å². The number of amides is 2. The predicted octanol–water partition coefficient (Wildman–Crippen LogP) is 0.949. The molecule has 0 atom stereocenters. The molecule has 1 aromatic carbocycles. The van der Waals surface area contributed by atoms with Gasteiger partial charge in [-0.15, -0.1) is 0 Å². The normalized spacial score (nSPS) is 11.1. The number of hydrogen-bond donors (Lipinski definition) is 3. The summed E-state index contributed by atoms with van der Waals surface area (Å²) in [7, 11) is -3.84. The van der Waals surface area contributed by atoms with Crippen LogP contribution in [0.1, 0.15) is 11.3 Å². The van der Waals surface area contributed by atoms with Crippen molar-refractivity contribution in [2.75, 3.05) is 6.54 Å². The van der Waals surface area contributed by atoms with Crippen molar-refractivity contribution in [1.82, 2.24) is 20.2 Å². The Morgan fingerprint density at radius 3 is 2.57 bits per heavy atom. The standard InChI is InChI=1S/C13H16N4O3S/c1-10-2-4-12(5-3-10)21(19,20)17-13(18)14-8-6-11-7-9-15-16-11/h2-5,7,9H,6,8H2,1H3,(H,15,16)(H2,14,17,18). The van der Waals surface area contributed by atoms with Gasteiger partial charge in [0, 0.05) is 24.9 Å². The minimum absolute atomic E-state index is 0.0526. The SMILES string of the molecule is Cc1ccc(S(=O)(=O)NC(=O)NCCc2ccn[nH]2)cc1. The third-order valence-corrected chi connectivity index (χ3v) is 4.14. The molecule has 2 aromatic rings. The number of urea groups is 1. The number of nitrogens with zero attached hydrogens (tertiary/aromatic N) is 1. The molecule has 0 unspecified atom stereocenters. The molecule has 2 rings (SSSR count). The van der Waals surface area contributed by atoms with Crippen LogP contribution in [-0.2, 0) is 16.4 Å². The number of hydrogen-bond acceptors (Lipinski definition) is 4. The quantitative estimate of drug-likeness (QED) is 0.765. The fraction of sp³-hybridized carbons (Fsp3) is 0.231. The van der Waals surface area contributed by atoms with Gasteiger partial charge in [-0.25, -0.2) is 17.9 Å². The summed E-state index contributed by atoms with van der Waals surface area (Å²) in [4.78, 5) is 11.7. The Hall–Kier alpha value is -2.35. The van der Waals surface area contributed by atoms with E-state index in [-0.39, 0.29) is 4.90 Å². The number of carbonyl (C=O) groups is 1. The molecule has 0 aliphatic heterocycles. The second-order valence-corrected chi connectivity index (χ2v) is 6.19. The highest BCUT2D eigenvalue weighted by atomic mass is 32.2. The molecule has 1 heterocycles. The van der Waals surface area contributed by atoms with E-state index in [1.54, 1.807) is 24.4 Å². The fourth-order valence-electron chi connectivity index (χ4n) is 1.67. The topological polar surface area (TPSA) is 104 Å². The van der Waals surface area contributed by atoms with Crippen molar-refractivity contribution in [2.45, 2.75) is 18.2 Å². The van der Waals surface area contributed by atoms with Crippen molar-refractivity contribution in [3.05, 3.63) is 47.8 Å². The van der Waals surface area contributed by atoms with E-state index in [0.29, 0.717) is 13.0 Å². The van der Waals surface area contributed by atoms with Gasteiger partial charge in [0.25, 0.3) is 10.0 Å². The lowest BCUT2D eigenvalue weighted by molar-refractivity contribution is 0.246. The van der Waals surface area contributed by atoms with Gasteiger partial charge in [0.1, 0.15) is 0 Å². The predicted molar refractivity (Wildman–Crippen MR) is 77.2 cm³/mol. The molecule has 0 saturated carbocycles. The molecule has 21 heavy (non-hydrogen) atoms. The molecular formula is C13H16N4O3S. The maximum absolute atomic E-state index is 12.0. The van der Waals surface area contributed by atoms with Crippen LogP contribution in [0, 0.1) is 6.92 Å². The van der Waals surface area contributed by atoms with Crippen molar-refractivity contribution in [2.24, 2.45) is 0 Å². The largest absolute Gasteiger partial charge is 0.337 e. The highest BCUT2D eigenvalue weighted by Crippen LogP contribution is 2.09. The molecule has 112 valence electrons. The third-order valence-electron chi connectivity index (χ3n) is 2.80. The Bertz CT molecular complexity index is 694.